The van der Waals surface area contributed by atoms with Crippen molar-refractivity contribution in [2.24, 2.45) is 17.8 Å². The quantitative estimate of drug-likeness (QED) is 0.519. The molecule has 0 aliphatic carbocycles. The highest BCUT2D eigenvalue weighted by Gasteiger charge is 2.38. The van der Waals surface area contributed by atoms with Gasteiger partial charge in [0.25, 0.3) is 0 Å². The summed E-state index contributed by atoms with van der Waals surface area (Å²) in [5.74, 6) is -0.756. The van der Waals surface area contributed by atoms with Crippen LogP contribution in [0.15, 0.2) is 11.8 Å². The molecule has 1 heterocycles. The highest BCUT2D eigenvalue weighted by molar-refractivity contribution is 5.84. The normalized spacial score (nSPS) is 23.9. The van der Waals surface area contributed by atoms with E-state index >= 15 is 0 Å². The molecule has 2 unspecified atom stereocenters. The Kier molecular flexibility index (Phi) is 9.94. The highest BCUT2D eigenvalue weighted by atomic mass is 16.7. The van der Waals surface area contributed by atoms with Gasteiger partial charge in [0.15, 0.2) is 0 Å². The van der Waals surface area contributed by atoms with E-state index in [1.54, 1.807) is 6.08 Å². The molecule has 0 saturated carbocycles. The van der Waals surface area contributed by atoms with E-state index in [0.717, 1.165) is 0 Å². The number of hydrogen-bond acceptors (Lipinski definition) is 6. The fourth-order valence-corrected chi connectivity index (χ4v) is 2.80. The van der Waals surface area contributed by atoms with E-state index in [1.807, 2.05) is 6.92 Å². The van der Waals surface area contributed by atoms with Gasteiger partial charge in [-0.3, -0.25) is 0 Å². The van der Waals surface area contributed by atoms with Crippen molar-refractivity contribution in [3.63, 3.8) is 0 Å². The molecule has 3 atom stereocenters. The molecule has 0 amide bonds. The van der Waals surface area contributed by atoms with Crippen LogP contribution in [0.3, 0.4) is 0 Å². The summed E-state index contributed by atoms with van der Waals surface area (Å²) in [7, 11) is 0. The van der Waals surface area contributed by atoms with Crippen molar-refractivity contribution in [2.45, 2.75) is 33.5 Å². The highest BCUT2D eigenvalue weighted by Crippen LogP contribution is 2.36. The Balaban J connectivity index is 2.60. The van der Waals surface area contributed by atoms with Crippen molar-refractivity contribution in [3.05, 3.63) is 11.8 Å². The van der Waals surface area contributed by atoms with Gasteiger partial charge in [0.1, 0.15) is 0 Å². The number of hydrogen-bond donors (Lipinski definition) is 2. The molecule has 2 N–H and O–H groups in total. The summed E-state index contributed by atoms with van der Waals surface area (Å²) >= 11 is 0. The van der Waals surface area contributed by atoms with Crippen molar-refractivity contribution >= 4 is 5.97 Å². The van der Waals surface area contributed by atoms with Gasteiger partial charge in [-0.1, -0.05) is 13.8 Å². The van der Waals surface area contributed by atoms with Crippen molar-refractivity contribution < 1.29 is 34.0 Å². The summed E-state index contributed by atoms with van der Waals surface area (Å²) in [4.78, 5) is 11.3. The van der Waals surface area contributed by atoms with Crippen LogP contribution in [0, 0.1) is 17.8 Å². The van der Waals surface area contributed by atoms with Crippen LogP contribution in [-0.4, -0.2) is 62.1 Å². The molecule has 0 radical (unpaired) electrons. The first-order chi connectivity index (χ1) is 11.5. The van der Waals surface area contributed by atoms with E-state index in [4.69, 9.17) is 24.1 Å². The summed E-state index contributed by atoms with van der Waals surface area (Å²) in [5, 5.41) is 17.8. The van der Waals surface area contributed by atoms with Crippen LogP contribution in [0.4, 0.5) is 0 Å². The van der Waals surface area contributed by atoms with Gasteiger partial charge in [-0.05, 0) is 31.3 Å². The van der Waals surface area contributed by atoms with Crippen molar-refractivity contribution in [3.8, 4) is 0 Å². The van der Waals surface area contributed by atoms with Crippen LogP contribution in [0.25, 0.3) is 0 Å². The van der Waals surface area contributed by atoms with E-state index in [-0.39, 0.29) is 30.1 Å². The maximum Gasteiger partial charge on any atom is 0.370 e. The predicted molar refractivity (Wildman–Crippen MR) is 87.4 cm³/mol. The van der Waals surface area contributed by atoms with E-state index < -0.39 is 12.3 Å². The molecule has 0 fully saturated rings. The molecule has 1 rings (SSSR count). The van der Waals surface area contributed by atoms with E-state index in [9.17, 15) is 9.90 Å². The monoisotopic (exact) mass is 346 g/mol. The van der Waals surface area contributed by atoms with Gasteiger partial charge in [-0.2, -0.15) is 0 Å². The lowest BCUT2D eigenvalue weighted by Crippen LogP contribution is -2.39. The van der Waals surface area contributed by atoms with Gasteiger partial charge < -0.3 is 29.2 Å². The molecule has 0 aromatic carbocycles. The average Bonchev–Trinajstić information content (AvgIpc) is 2.54. The largest absolute Gasteiger partial charge is 0.475 e. The SMILES string of the molecule is CCOC1OC(C(=O)O)=C[C@@H](C(C)C)C1CCOCCOCCO. The Bertz CT molecular complexity index is 394. The molecule has 0 aromatic rings. The number of carboxylic acids is 1. The summed E-state index contributed by atoms with van der Waals surface area (Å²) in [6, 6.07) is 0. The maximum absolute atomic E-state index is 11.3. The van der Waals surface area contributed by atoms with Crippen LogP contribution < -0.4 is 0 Å². The Morgan fingerprint density at radius 1 is 1.25 bits per heavy atom. The summed E-state index contributed by atoms with van der Waals surface area (Å²) in [6.07, 6.45) is 1.82. The zero-order valence-corrected chi connectivity index (χ0v) is 14.8. The lowest BCUT2D eigenvalue weighted by Gasteiger charge is -2.38. The van der Waals surface area contributed by atoms with Crippen LogP contribution >= 0.6 is 0 Å². The standard InChI is InChI=1S/C17H30O7/c1-4-23-17-13(5-7-21-9-10-22-8-6-18)14(12(2)3)11-15(24-17)16(19)20/h11-14,17-18H,4-10H2,1-3H3,(H,19,20)/t13?,14-,17?/m0/s1. The Morgan fingerprint density at radius 3 is 2.46 bits per heavy atom. The first-order valence-electron chi connectivity index (χ1n) is 8.50. The molecule has 0 aromatic heterocycles. The van der Waals surface area contributed by atoms with Crippen LogP contribution in [0.2, 0.25) is 0 Å². The van der Waals surface area contributed by atoms with Crippen molar-refractivity contribution in [1.29, 1.82) is 0 Å². The average molecular weight is 346 g/mol. The number of aliphatic hydroxyl groups excluding tert-OH is 1. The number of rotatable bonds is 12. The summed E-state index contributed by atoms with van der Waals surface area (Å²) < 4.78 is 21.8. The Labute approximate surface area is 143 Å². The van der Waals surface area contributed by atoms with Gasteiger partial charge in [0.05, 0.1) is 26.4 Å². The molecule has 1 aliphatic heterocycles. The third-order valence-electron chi connectivity index (χ3n) is 3.95. The third-order valence-corrected chi connectivity index (χ3v) is 3.95. The van der Waals surface area contributed by atoms with Crippen LogP contribution in [0.1, 0.15) is 27.2 Å². The number of carbonyl (C=O) groups is 1. The smallest absolute Gasteiger partial charge is 0.370 e. The molecular weight excluding hydrogens is 316 g/mol. The van der Waals surface area contributed by atoms with E-state index in [1.165, 1.54) is 0 Å². The van der Waals surface area contributed by atoms with Crippen molar-refractivity contribution in [2.75, 3.05) is 39.6 Å². The Morgan fingerprint density at radius 2 is 1.92 bits per heavy atom. The third kappa shape index (κ3) is 6.76. The zero-order valence-electron chi connectivity index (χ0n) is 14.8. The molecule has 7 nitrogen and oxygen atoms in total. The Hall–Kier alpha value is -1.15. The fraction of sp³-hybridized carbons (Fsp3) is 0.824. The first kappa shape index (κ1) is 20.9. The minimum atomic E-state index is -1.07. The van der Waals surface area contributed by atoms with Gasteiger partial charge in [-0.15, -0.1) is 0 Å². The number of aliphatic carboxylic acids is 1. The number of aliphatic hydroxyl groups is 1. The second-order valence-electron chi connectivity index (χ2n) is 6.00. The van der Waals surface area contributed by atoms with Gasteiger partial charge >= 0.3 is 5.97 Å². The minimum Gasteiger partial charge on any atom is -0.475 e. The van der Waals surface area contributed by atoms with E-state index in [0.29, 0.717) is 39.5 Å². The van der Waals surface area contributed by atoms with E-state index in [2.05, 4.69) is 13.8 Å². The first-order valence-corrected chi connectivity index (χ1v) is 8.50. The van der Waals surface area contributed by atoms with Gasteiger partial charge in [0.2, 0.25) is 12.0 Å². The molecule has 7 heteroatoms. The fourth-order valence-electron chi connectivity index (χ4n) is 2.80. The topological polar surface area (TPSA) is 94.5 Å². The van der Waals surface area contributed by atoms with Crippen LogP contribution in [-0.2, 0) is 23.7 Å². The predicted octanol–water partition coefficient (Wildman–Crippen LogP) is 1.65. The number of allylic oxidation sites excluding steroid dienone is 1. The lowest BCUT2D eigenvalue weighted by atomic mass is 9.79. The summed E-state index contributed by atoms with van der Waals surface area (Å²) in [6.45, 7) is 8.15. The molecule has 0 saturated heterocycles. The molecule has 24 heavy (non-hydrogen) atoms. The van der Waals surface area contributed by atoms with Gasteiger partial charge in [0, 0.05) is 19.1 Å². The molecule has 0 bridgehead atoms. The molecule has 0 spiro atoms. The minimum absolute atomic E-state index is 0.00373. The van der Waals surface area contributed by atoms with Gasteiger partial charge in [-0.25, -0.2) is 4.79 Å². The number of carboxylic acid groups (broad SMARTS) is 1. The molecular formula is C17H30O7. The summed E-state index contributed by atoms with van der Waals surface area (Å²) in [5.41, 5.74) is 0. The molecule has 140 valence electrons. The second-order valence-corrected chi connectivity index (χ2v) is 6.00. The lowest BCUT2D eigenvalue weighted by molar-refractivity contribution is -0.182. The second kappa shape index (κ2) is 11.4. The zero-order chi connectivity index (χ0) is 17.9. The van der Waals surface area contributed by atoms with Crippen LogP contribution in [0.5, 0.6) is 0 Å². The molecule has 1 aliphatic rings. The van der Waals surface area contributed by atoms with Crippen molar-refractivity contribution in [1.82, 2.24) is 0 Å². The maximum atomic E-state index is 11.3. The number of ether oxygens (including phenoxy) is 4.